The Kier molecular flexibility index (Phi) is 7.72. The predicted molar refractivity (Wildman–Crippen MR) is 262 cm³/mol. The minimum Gasteiger partial charge on any atom is -0.455 e. The van der Waals surface area contributed by atoms with Crippen LogP contribution in [0.3, 0.4) is 0 Å². The summed E-state index contributed by atoms with van der Waals surface area (Å²) in [6.45, 7) is 0. The molecule has 13 rings (SSSR count). The minimum absolute atomic E-state index is 0.527. The highest BCUT2D eigenvalue weighted by Crippen LogP contribution is 2.58. The highest BCUT2D eigenvalue weighted by atomic mass is 32.1. The van der Waals surface area contributed by atoms with Crippen molar-refractivity contribution in [1.82, 2.24) is 0 Å². The molecule has 12 aromatic rings. The molecule has 3 heteroatoms. The summed E-state index contributed by atoms with van der Waals surface area (Å²) in [4.78, 5) is 2.50. The van der Waals surface area contributed by atoms with Crippen LogP contribution in [0.1, 0.15) is 22.3 Å². The molecular formula is C59H37NOS. The molecule has 0 N–H and O–H groups in total. The molecule has 0 spiro atoms. The SMILES string of the molecule is c1ccc(C2(c3ccccc3)c3ccccc3-c3ccc(N(c4cccc(-c5cccc6oc7c8ccccc8ccc7c56)c4)c4cccc5sc6ccccc6c45)cc32)cc1. The third-order valence-corrected chi connectivity index (χ3v) is 14.3. The maximum absolute atomic E-state index is 6.68. The molecule has 2 heterocycles. The molecule has 0 saturated heterocycles. The molecule has 62 heavy (non-hydrogen) atoms. The maximum atomic E-state index is 6.68. The lowest BCUT2D eigenvalue weighted by Crippen LogP contribution is -2.28. The second-order valence-corrected chi connectivity index (χ2v) is 17.4. The summed E-state index contributed by atoms with van der Waals surface area (Å²) < 4.78 is 9.23. The van der Waals surface area contributed by atoms with Crippen LogP contribution in [0.25, 0.3) is 75.1 Å². The van der Waals surface area contributed by atoms with Crippen LogP contribution in [0.15, 0.2) is 229 Å². The molecule has 290 valence electrons. The fourth-order valence-electron chi connectivity index (χ4n) is 10.5. The van der Waals surface area contributed by atoms with Gasteiger partial charge in [-0.1, -0.05) is 170 Å². The third kappa shape index (κ3) is 5.03. The molecule has 0 aliphatic heterocycles. The van der Waals surface area contributed by atoms with Gasteiger partial charge in [0.25, 0.3) is 0 Å². The van der Waals surface area contributed by atoms with Crippen LogP contribution in [0.4, 0.5) is 17.1 Å². The van der Waals surface area contributed by atoms with Crippen molar-refractivity contribution < 1.29 is 4.42 Å². The zero-order valence-electron chi connectivity index (χ0n) is 33.6. The Hall–Kier alpha value is -7.72. The molecule has 10 aromatic carbocycles. The summed E-state index contributed by atoms with van der Waals surface area (Å²) in [6.07, 6.45) is 0. The molecule has 2 nitrogen and oxygen atoms in total. The molecule has 0 atom stereocenters. The van der Waals surface area contributed by atoms with E-state index in [0.717, 1.165) is 55.5 Å². The quantitative estimate of drug-likeness (QED) is 0.166. The second-order valence-electron chi connectivity index (χ2n) is 16.3. The third-order valence-electron chi connectivity index (χ3n) is 13.1. The van der Waals surface area contributed by atoms with Crippen molar-refractivity contribution in [1.29, 1.82) is 0 Å². The fourth-order valence-corrected chi connectivity index (χ4v) is 11.7. The van der Waals surface area contributed by atoms with Crippen LogP contribution in [0.2, 0.25) is 0 Å². The number of anilines is 3. The van der Waals surface area contributed by atoms with Crippen molar-refractivity contribution in [2.75, 3.05) is 4.90 Å². The smallest absolute Gasteiger partial charge is 0.143 e. The van der Waals surface area contributed by atoms with Crippen molar-refractivity contribution in [2.45, 2.75) is 5.41 Å². The van der Waals surface area contributed by atoms with Gasteiger partial charge in [0, 0.05) is 47.7 Å². The number of furan rings is 1. The summed E-state index contributed by atoms with van der Waals surface area (Å²) >= 11 is 1.86. The van der Waals surface area contributed by atoms with Crippen LogP contribution in [0, 0.1) is 0 Å². The van der Waals surface area contributed by atoms with E-state index in [1.54, 1.807) is 0 Å². The zero-order chi connectivity index (χ0) is 40.8. The van der Waals surface area contributed by atoms with E-state index in [9.17, 15) is 0 Å². The molecular weight excluding hydrogens is 771 g/mol. The molecule has 0 amide bonds. The van der Waals surface area contributed by atoms with Crippen molar-refractivity contribution in [3.63, 3.8) is 0 Å². The van der Waals surface area contributed by atoms with E-state index in [1.807, 2.05) is 11.3 Å². The lowest BCUT2D eigenvalue weighted by atomic mass is 9.67. The molecule has 1 aliphatic carbocycles. The Morgan fingerprint density at radius 2 is 1.06 bits per heavy atom. The highest BCUT2D eigenvalue weighted by molar-refractivity contribution is 7.26. The molecule has 0 saturated carbocycles. The topological polar surface area (TPSA) is 16.4 Å². The first-order chi connectivity index (χ1) is 30.8. The number of benzene rings is 10. The molecule has 0 fully saturated rings. The van der Waals surface area contributed by atoms with Crippen LogP contribution in [-0.2, 0) is 5.41 Å². The van der Waals surface area contributed by atoms with Crippen molar-refractivity contribution in [3.8, 4) is 22.3 Å². The lowest BCUT2D eigenvalue weighted by Gasteiger charge is -2.35. The Bertz CT molecular complexity index is 3670. The summed E-state index contributed by atoms with van der Waals surface area (Å²) in [6, 6.07) is 82.4. The number of nitrogens with zero attached hydrogens (tertiary/aromatic N) is 1. The first-order valence-electron chi connectivity index (χ1n) is 21.2. The first kappa shape index (κ1) is 35.1. The number of rotatable bonds is 6. The van der Waals surface area contributed by atoms with Gasteiger partial charge in [0.1, 0.15) is 11.2 Å². The summed E-state index contributed by atoms with van der Waals surface area (Å²) in [5, 5.41) is 7.09. The van der Waals surface area contributed by atoms with Gasteiger partial charge in [-0.05, 0) is 104 Å². The molecule has 0 radical (unpaired) electrons. The maximum Gasteiger partial charge on any atom is 0.143 e. The van der Waals surface area contributed by atoms with E-state index >= 15 is 0 Å². The van der Waals surface area contributed by atoms with Crippen LogP contribution >= 0.6 is 11.3 Å². The van der Waals surface area contributed by atoms with Gasteiger partial charge in [-0.25, -0.2) is 0 Å². The standard InChI is InChI=1S/C59H37NOS/c1-3-18-40(19-4-1)59(41-20-5-2-6-21-41)50-27-11-9-24-46(50)47-35-33-43(37-51(47)59)60(52-28-15-31-55-57(52)48-25-10-12-30-54(48)62-55)42-22-13-17-39(36-42)44-26-14-29-53-56(44)49-34-32-38-16-7-8-23-45(38)58(49)61-53/h1-37H. The summed E-state index contributed by atoms with van der Waals surface area (Å²) in [7, 11) is 0. The molecule has 0 unspecified atom stereocenters. The van der Waals surface area contributed by atoms with Crippen LogP contribution < -0.4 is 4.90 Å². The number of hydrogen-bond donors (Lipinski definition) is 0. The van der Waals surface area contributed by atoms with E-state index in [4.69, 9.17) is 4.42 Å². The molecule has 1 aliphatic rings. The van der Waals surface area contributed by atoms with Gasteiger partial charge < -0.3 is 9.32 Å². The van der Waals surface area contributed by atoms with E-state index in [1.165, 1.54) is 58.9 Å². The Morgan fingerprint density at radius 3 is 1.92 bits per heavy atom. The zero-order valence-corrected chi connectivity index (χ0v) is 34.4. The first-order valence-corrected chi connectivity index (χ1v) is 22.1. The van der Waals surface area contributed by atoms with Gasteiger partial charge in [-0.3, -0.25) is 0 Å². The number of fused-ring (bicyclic) bond motifs is 11. The average Bonchev–Trinajstić information content (AvgIpc) is 4.01. The molecule has 0 bridgehead atoms. The van der Waals surface area contributed by atoms with Gasteiger partial charge in [-0.2, -0.15) is 0 Å². The minimum atomic E-state index is -0.527. The molecule has 2 aromatic heterocycles. The van der Waals surface area contributed by atoms with E-state index in [0.29, 0.717) is 0 Å². The highest BCUT2D eigenvalue weighted by Gasteiger charge is 2.46. The van der Waals surface area contributed by atoms with Crippen molar-refractivity contribution >= 4 is 81.3 Å². The fraction of sp³-hybridized carbons (Fsp3) is 0.0169. The van der Waals surface area contributed by atoms with Gasteiger partial charge in [0.05, 0.1) is 11.1 Å². The van der Waals surface area contributed by atoms with Crippen LogP contribution in [-0.4, -0.2) is 0 Å². The Balaban J connectivity index is 1.08. The van der Waals surface area contributed by atoms with Gasteiger partial charge >= 0.3 is 0 Å². The van der Waals surface area contributed by atoms with Gasteiger partial charge in [-0.15, -0.1) is 11.3 Å². The van der Waals surface area contributed by atoms with Gasteiger partial charge in [0.15, 0.2) is 0 Å². The monoisotopic (exact) mass is 807 g/mol. The predicted octanol–water partition coefficient (Wildman–Crippen LogP) is 16.6. The Labute approximate surface area is 363 Å². The van der Waals surface area contributed by atoms with Crippen LogP contribution in [0.5, 0.6) is 0 Å². The Morgan fingerprint density at radius 1 is 0.403 bits per heavy atom. The van der Waals surface area contributed by atoms with E-state index in [2.05, 4.69) is 229 Å². The largest absolute Gasteiger partial charge is 0.455 e. The van der Waals surface area contributed by atoms with Gasteiger partial charge in [0.2, 0.25) is 0 Å². The lowest BCUT2D eigenvalue weighted by molar-refractivity contribution is 0.673. The average molecular weight is 808 g/mol. The number of hydrogen-bond acceptors (Lipinski definition) is 3. The number of thiophene rings is 1. The second kappa shape index (κ2) is 13.7. The van der Waals surface area contributed by atoms with Crippen molar-refractivity contribution in [3.05, 3.63) is 247 Å². The van der Waals surface area contributed by atoms with E-state index < -0.39 is 5.41 Å². The summed E-state index contributed by atoms with van der Waals surface area (Å²) in [5.74, 6) is 0. The normalized spacial score (nSPS) is 13.0. The van der Waals surface area contributed by atoms with Crippen molar-refractivity contribution in [2.24, 2.45) is 0 Å². The summed E-state index contributed by atoms with van der Waals surface area (Å²) in [5.41, 5.74) is 14.5. The van der Waals surface area contributed by atoms with E-state index in [-0.39, 0.29) is 0 Å².